The van der Waals surface area contributed by atoms with Gasteiger partial charge in [0.1, 0.15) is 0 Å². The summed E-state index contributed by atoms with van der Waals surface area (Å²) in [5.74, 6) is 0. The number of hydrogen-bond donors (Lipinski definition) is 0. The molecule has 0 saturated carbocycles. The lowest BCUT2D eigenvalue weighted by atomic mass is 9.99. The van der Waals surface area contributed by atoms with Crippen molar-refractivity contribution in [1.82, 2.24) is 0 Å². The van der Waals surface area contributed by atoms with E-state index >= 15 is 0 Å². The van der Waals surface area contributed by atoms with E-state index in [0.717, 1.165) is 0 Å². The largest absolute Gasteiger partial charge is 0.0709 e. The second-order valence-corrected chi connectivity index (χ2v) is 16.7. The molecule has 0 aromatic carbocycles. The highest BCUT2D eigenvalue weighted by atomic mass is 31.2. The van der Waals surface area contributed by atoms with Crippen molar-refractivity contribution in [3.8, 4) is 0 Å². The molecule has 0 spiro atoms. The molecule has 1 aliphatic heterocycles. The van der Waals surface area contributed by atoms with Crippen molar-refractivity contribution in [3.63, 3.8) is 0 Å². The Balaban J connectivity index is 3.83. The lowest BCUT2D eigenvalue weighted by molar-refractivity contribution is 0.602. The summed E-state index contributed by atoms with van der Waals surface area (Å²) < 4.78 is 0. The third-order valence-electron chi connectivity index (χ3n) is 4.00. The maximum Gasteiger partial charge on any atom is 0.0126 e. The van der Waals surface area contributed by atoms with Crippen molar-refractivity contribution in [3.05, 3.63) is 0 Å². The quantitative estimate of drug-likeness (QED) is 0.446. The van der Waals surface area contributed by atoms with E-state index < -0.39 is 6.89 Å². The summed E-state index contributed by atoms with van der Waals surface area (Å²) in [6.45, 7) is 25.6. The van der Waals surface area contributed by atoms with Gasteiger partial charge in [0.15, 0.2) is 0 Å². The molecule has 1 unspecified atom stereocenters. The summed E-state index contributed by atoms with van der Waals surface area (Å²) >= 11 is 0. The summed E-state index contributed by atoms with van der Waals surface area (Å²) in [4.78, 5) is 0. The van der Waals surface area contributed by atoms with Gasteiger partial charge in [-0.2, -0.15) is 0 Å². The van der Waals surface area contributed by atoms with Crippen LogP contribution in [0.25, 0.3) is 0 Å². The van der Waals surface area contributed by atoms with E-state index in [-0.39, 0.29) is 0 Å². The van der Waals surface area contributed by atoms with E-state index in [1.807, 2.05) is 10.1 Å². The van der Waals surface area contributed by atoms with E-state index in [0.29, 0.717) is 16.2 Å². The molecule has 1 aliphatic rings. The Kier molecular flexibility index (Phi) is 5.56. The molecule has 0 aliphatic carbocycles. The zero-order chi connectivity index (χ0) is 16.9. The van der Waals surface area contributed by atoms with Crippen LogP contribution in [0.15, 0.2) is 0 Å². The van der Waals surface area contributed by atoms with Crippen molar-refractivity contribution in [2.24, 2.45) is 16.2 Å². The molecule has 0 nitrogen and oxygen atoms in total. The van der Waals surface area contributed by atoms with Gasteiger partial charge < -0.3 is 0 Å². The van der Waals surface area contributed by atoms with Crippen LogP contribution in [0.2, 0.25) is 0 Å². The van der Waals surface area contributed by atoms with E-state index in [1.165, 1.54) is 6.16 Å². The molecule has 0 radical (unpaired) electrons. The highest BCUT2D eigenvalue weighted by Crippen LogP contribution is 2.62. The first-order valence-corrected chi connectivity index (χ1v) is 12.3. The van der Waals surface area contributed by atoms with Crippen LogP contribution >= 0.6 is 23.3 Å². The highest BCUT2D eigenvalue weighted by molar-refractivity contribution is 8.11. The summed E-state index contributed by atoms with van der Waals surface area (Å²) in [7, 11) is 3.11. The molecule has 0 aromatic rings. The van der Waals surface area contributed by atoms with Crippen molar-refractivity contribution < 1.29 is 0 Å². The fraction of sp³-hybridized carbons (Fsp3) is 0.833. The van der Waals surface area contributed by atoms with Gasteiger partial charge in [-0.25, -0.2) is 0 Å². The Labute approximate surface area is 137 Å². The molecule has 0 aromatic heterocycles. The molecule has 3 heteroatoms. The lowest BCUT2D eigenvalue weighted by Crippen LogP contribution is -2.30. The first-order valence-electron chi connectivity index (χ1n) is 8.06. The van der Waals surface area contributed by atoms with Gasteiger partial charge in [-0.3, -0.25) is 0 Å². The van der Waals surface area contributed by atoms with Gasteiger partial charge in [0.05, 0.1) is 0 Å². The lowest BCUT2D eigenvalue weighted by Gasteiger charge is -2.42. The number of rotatable bonds is 1. The Bertz CT molecular complexity index is 524. The minimum Gasteiger partial charge on any atom is -0.0709 e. The van der Waals surface area contributed by atoms with E-state index in [1.54, 1.807) is 21.4 Å². The second kappa shape index (κ2) is 5.93. The average molecular weight is 344 g/mol. The van der Waals surface area contributed by atoms with Gasteiger partial charge in [0.25, 0.3) is 0 Å². The third-order valence-corrected chi connectivity index (χ3v) is 15.9. The van der Waals surface area contributed by atoms with Gasteiger partial charge in [0, 0.05) is 5.03 Å². The van der Waals surface area contributed by atoms with Gasteiger partial charge in [-0.05, 0) is 39.1 Å². The molecule has 1 atom stereocenters. The Hall–Kier alpha value is 0.640. The smallest absolute Gasteiger partial charge is 0.0126 e. The van der Waals surface area contributed by atoms with Crippen LogP contribution in [-0.4, -0.2) is 27.9 Å². The fourth-order valence-corrected chi connectivity index (χ4v) is 13.8. The van der Waals surface area contributed by atoms with Crippen LogP contribution in [0, 0.1) is 16.2 Å². The van der Waals surface area contributed by atoms with Gasteiger partial charge in [-0.15, -0.1) is 0 Å². The first kappa shape index (κ1) is 19.7. The maximum atomic E-state index is 2.60. The molecule has 0 bridgehead atoms. The third kappa shape index (κ3) is 4.14. The zero-order valence-corrected chi connectivity index (χ0v) is 18.7. The van der Waals surface area contributed by atoms with Crippen molar-refractivity contribution >= 4 is 38.4 Å². The Morgan fingerprint density at radius 3 is 1.52 bits per heavy atom. The summed E-state index contributed by atoms with van der Waals surface area (Å²) in [5, 5.41) is 5.35. The molecule has 1 rings (SSSR count). The first-order chi connectivity index (χ1) is 9.14. The Morgan fingerprint density at radius 2 is 1.24 bits per heavy atom. The van der Waals surface area contributed by atoms with Gasteiger partial charge in [-0.1, -0.05) is 92.5 Å². The van der Waals surface area contributed by atoms with Gasteiger partial charge in [0.2, 0.25) is 0 Å². The summed E-state index contributed by atoms with van der Waals surface area (Å²) in [6, 6.07) is 0. The molecule has 122 valence electrons. The molecular formula is C18H35P3. The van der Waals surface area contributed by atoms with Crippen LogP contribution < -0.4 is 0 Å². The van der Waals surface area contributed by atoms with Crippen molar-refractivity contribution in [2.45, 2.75) is 69.2 Å². The molecule has 1 heterocycles. The summed E-state index contributed by atoms with van der Waals surface area (Å²) in [5.41, 5.74) is 0.918. The van der Waals surface area contributed by atoms with E-state index in [4.69, 9.17) is 0 Å². The maximum absolute atomic E-state index is 2.60. The van der Waals surface area contributed by atoms with Crippen LogP contribution in [0.3, 0.4) is 0 Å². The van der Waals surface area contributed by atoms with Crippen LogP contribution in [-0.2, 0) is 0 Å². The fourth-order valence-electron chi connectivity index (χ4n) is 3.00. The molecule has 0 N–H and O–H groups in total. The van der Waals surface area contributed by atoms with E-state index in [2.05, 4.69) is 75.9 Å². The predicted molar refractivity (Wildman–Crippen MR) is 111 cm³/mol. The second-order valence-electron chi connectivity index (χ2n) is 9.45. The Morgan fingerprint density at radius 1 is 0.762 bits per heavy atom. The molecule has 0 amide bonds. The topological polar surface area (TPSA) is 0 Å². The highest BCUT2D eigenvalue weighted by Gasteiger charge is 2.37. The van der Waals surface area contributed by atoms with Crippen LogP contribution in [0.1, 0.15) is 69.2 Å². The van der Waals surface area contributed by atoms with Crippen LogP contribution in [0.4, 0.5) is 0 Å². The minimum atomic E-state index is -1.13. The monoisotopic (exact) mass is 344 g/mol. The zero-order valence-electron chi connectivity index (χ0n) is 16.0. The van der Waals surface area contributed by atoms with Crippen molar-refractivity contribution in [2.75, 3.05) is 12.8 Å². The minimum absolute atomic E-state index is 0.301. The normalized spacial score (nSPS) is 26.3. The van der Waals surface area contributed by atoms with Crippen molar-refractivity contribution in [1.29, 1.82) is 0 Å². The average Bonchev–Trinajstić information content (AvgIpc) is 2.24. The molecule has 21 heavy (non-hydrogen) atoms. The molecular weight excluding hydrogens is 309 g/mol. The standard InChI is InChI=1S/C18H35P3/c1-12-21(11)14(17(5,6)7)19-13(16(2,3)4)20-15(21)18(8,9)10/h12H2,1-11H3. The molecule has 0 fully saturated rings. The SMILES string of the molecule is CCP1(C)=C(C(C)(C)C)P=C(C(C)(C)C)P=C1C(C)(C)C. The van der Waals surface area contributed by atoms with Gasteiger partial charge >= 0.3 is 0 Å². The summed E-state index contributed by atoms with van der Waals surface area (Å²) in [6.07, 6.45) is 1.32. The van der Waals surface area contributed by atoms with E-state index in [9.17, 15) is 0 Å². The predicted octanol–water partition coefficient (Wildman–Crippen LogP) is 7.09. The number of hydrogen-bond acceptors (Lipinski definition) is 0. The van der Waals surface area contributed by atoms with Crippen LogP contribution in [0.5, 0.6) is 0 Å². The molecule has 0 saturated heterocycles.